The van der Waals surface area contributed by atoms with E-state index < -0.39 is 0 Å². The predicted molar refractivity (Wildman–Crippen MR) is 81.8 cm³/mol. The zero-order valence-electron chi connectivity index (χ0n) is 12.7. The van der Waals surface area contributed by atoms with Crippen LogP contribution in [-0.2, 0) is 0 Å². The van der Waals surface area contributed by atoms with Gasteiger partial charge in [-0.15, -0.1) is 0 Å². The van der Waals surface area contributed by atoms with E-state index in [4.69, 9.17) is 10.5 Å². The molecule has 0 aromatic carbocycles. The first-order valence-corrected chi connectivity index (χ1v) is 7.72. The normalized spacial score (nSPS) is 22.2. The van der Waals surface area contributed by atoms with Crippen molar-refractivity contribution in [1.82, 2.24) is 9.88 Å². The van der Waals surface area contributed by atoms with E-state index in [9.17, 15) is 0 Å². The zero-order chi connectivity index (χ0) is 14.4. The van der Waals surface area contributed by atoms with Crippen LogP contribution in [0, 0.1) is 5.92 Å². The fourth-order valence-corrected chi connectivity index (χ4v) is 3.11. The quantitative estimate of drug-likeness (QED) is 0.899. The Morgan fingerprint density at radius 2 is 2.25 bits per heavy atom. The van der Waals surface area contributed by atoms with E-state index in [-0.39, 0.29) is 6.04 Å². The highest BCUT2D eigenvalue weighted by Crippen LogP contribution is 2.27. The monoisotopic (exact) mass is 277 g/mol. The van der Waals surface area contributed by atoms with Gasteiger partial charge in [-0.1, -0.05) is 19.4 Å². The molecule has 2 rings (SSSR count). The van der Waals surface area contributed by atoms with Crippen molar-refractivity contribution in [3.05, 3.63) is 23.9 Å². The van der Waals surface area contributed by atoms with Gasteiger partial charge in [0.1, 0.15) is 0 Å². The Kier molecular flexibility index (Phi) is 5.80. The van der Waals surface area contributed by atoms with Gasteiger partial charge in [0.25, 0.3) is 0 Å². The van der Waals surface area contributed by atoms with Gasteiger partial charge in [-0.05, 0) is 43.8 Å². The summed E-state index contributed by atoms with van der Waals surface area (Å²) in [5.74, 6) is 1.54. The van der Waals surface area contributed by atoms with E-state index in [1.165, 1.54) is 31.2 Å². The van der Waals surface area contributed by atoms with E-state index in [0.717, 1.165) is 19.0 Å². The smallest absolute Gasteiger partial charge is 0.212 e. The third kappa shape index (κ3) is 3.70. The Morgan fingerprint density at radius 3 is 2.85 bits per heavy atom. The summed E-state index contributed by atoms with van der Waals surface area (Å²) in [5.41, 5.74) is 7.22. The molecule has 1 saturated heterocycles. The lowest BCUT2D eigenvalue weighted by molar-refractivity contribution is 0.206. The Balaban J connectivity index is 2.06. The first kappa shape index (κ1) is 15.3. The molecule has 20 heavy (non-hydrogen) atoms. The first-order chi connectivity index (χ1) is 9.78. The molecule has 0 saturated carbocycles. The molecule has 1 fully saturated rings. The van der Waals surface area contributed by atoms with Crippen LogP contribution in [0.25, 0.3) is 0 Å². The number of pyridine rings is 1. The van der Waals surface area contributed by atoms with Gasteiger partial charge in [0.2, 0.25) is 5.88 Å². The molecule has 2 atom stereocenters. The maximum atomic E-state index is 6.02. The average Bonchev–Trinajstić information content (AvgIpc) is 2.74. The third-order valence-corrected chi connectivity index (χ3v) is 4.48. The maximum absolute atomic E-state index is 6.02. The molecule has 0 bridgehead atoms. The minimum atomic E-state index is 0.281. The first-order valence-electron chi connectivity index (χ1n) is 7.72. The summed E-state index contributed by atoms with van der Waals surface area (Å²) in [7, 11) is 1.64. The number of rotatable bonds is 5. The number of nitrogens with zero attached hydrogens (tertiary/aromatic N) is 2. The van der Waals surface area contributed by atoms with Gasteiger partial charge in [0.15, 0.2) is 0 Å². The molecule has 2 unspecified atom stereocenters. The van der Waals surface area contributed by atoms with Crippen LogP contribution in [0.3, 0.4) is 0 Å². The van der Waals surface area contributed by atoms with Gasteiger partial charge >= 0.3 is 0 Å². The van der Waals surface area contributed by atoms with Crippen molar-refractivity contribution in [3.63, 3.8) is 0 Å². The van der Waals surface area contributed by atoms with Gasteiger partial charge in [-0.25, -0.2) is 4.98 Å². The average molecular weight is 277 g/mol. The molecule has 2 heterocycles. The van der Waals surface area contributed by atoms with Gasteiger partial charge in [-0.2, -0.15) is 0 Å². The second-order valence-electron chi connectivity index (χ2n) is 5.63. The molecular weight excluding hydrogens is 250 g/mol. The van der Waals surface area contributed by atoms with Crippen molar-refractivity contribution >= 4 is 0 Å². The van der Waals surface area contributed by atoms with Crippen LogP contribution in [0.4, 0.5) is 0 Å². The van der Waals surface area contributed by atoms with E-state index in [0.29, 0.717) is 12.4 Å². The van der Waals surface area contributed by atoms with E-state index in [2.05, 4.69) is 22.9 Å². The molecule has 2 N–H and O–H groups in total. The molecule has 1 aromatic heterocycles. The lowest BCUT2D eigenvalue weighted by atomic mass is 9.98. The van der Waals surface area contributed by atoms with Crippen LogP contribution in [0.1, 0.15) is 44.2 Å². The van der Waals surface area contributed by atoms with Crippen molar-refractivity contribution in [3.8, 4) is 5.88 Å². The topological polar surface area (TPSA) is 51.4 Å². The number of hydrogen-bond acceptors (Lipinski definition) is 4. The molecule has 4 nitrogen and oxygen atoms in total. The number of aromatic nitrogens is 1. The molecule has 4 heteroatoms. The molecule has 0 amide bonds. The summed E-state index contributed by atoms with van der Waals surface area (Å²) in [4.78, 5) is 6.84. The highest BCUT2D eigenvalue weighted by atomic mass is 16.5. The fraction of sp³-hybridized carbons (Fsp3) is 0.688. The summed E-state index contributed by atoms with van der Waals surface area (Å²) in [6.45, 7) is 5.23. The number of methoxy groups -OCH3 is 1. The molecule has 0 radical (unpaired) electrons. The lowest BCUT2D eigenvalue weighted by Crippen LogP contribution is -2.34. The van der Waals surface area contributed by atoms with Gasteiger partial charge in [-0.3, -0.25) is 4.90 Å². The minimum absolute atomic E-state index is 0.281. The summed E-state index contributed by atoms with van der Waals surface area (Å²) in [5, 5.41) is 0. The molecule has 1 aliphatic heterocycles. The van der Waals surface area contributed by atoms with Crippen molar-refractivity contribution in [1.29, 1.82) is 0 Å². The van der Waals surface area contributed by atoms with Crippen LogP contribution in [0.2, 0.25) is 0 Å². The Morgan fingerprint density at radius 1 is 1.40 bits per heavy atom. The van der Waals surface area contributed by atoms with Crippen LogP contribution in [0.15, 0.2) is 18.3 Å². The van der Waals surface area contributed by atoms with Crippen molar-refractivity contribution in [2.24, 2.45) is 11.7 Å². The van der Waals surface area contributed by atoms with E-state index in [1.54, 1.807) is 7.11 Å². The third-order valence-electron chi connectivity index (χ3n) is 4.48. The minimum Gasteiger partial charge on any atom is -0.481 e. The highest BCUT2D eigenvalue weighted by molar-refractivity contribution is 5.21. The number of ether oxygens (including phenoxy) is 1. The SMILES string of the molecule is CCC1CCCN(C(CN)c2ccc(OC)nc2)CC1. The molecule has 0 aliphatic carbocycles. The molecular formula is C16H27N3O. The van der Waals surface area contributed by atoms with Crippen molar-refractivity contribution in [2.45, 2.75) is 38.6 Å². The van der Waals surface area contributed by atoms with E-state index >= 15 is 0 Å². The molecule has 112 valence electrons. The summed E-state index contributed by atoms with van der Waals surface area (Å²) < 4.78 is 5.12. The largest absolute Gasteiger partial charge is 0.481 e. The van der Waals surface area contributed by atoms with Gasteiger partial charge in [0.05, 0.1) is 7.11 Å². The van der Waals surface area contributed by atoms with Crippen molar-refractivity contribution in [2.75, 3.05) is 26.7 Å². The second kappa shape index (κ2) is 7.60. The zero-order valence-corrected chi connectivity index (χ0v) is 12.7. The Bertz CT molecular complexity index is 393. The number of nitrogens with two attached hydrogens (primary N) is 1. The van der Waals surface area contributed by atoms with Gasteiger partial charge in [0, 0.05) is 24.8 Å². The Labute approximate surface area is 122 Å². The second-order valence-corrected chi connectivity index (χ2v) is 5.63. The number of hydrogen-bond donors (Lipinski definition) is 1. The van der Waals surface area contributed by atoms with Crippen LogP contribution in [-0.4, -0.2) is 36.6 Å². The summed E-state index contributed by atoms with van der Waals surface area (Å²) >= 11 is 0. The van der Waals surface area contributed by atoms with Crippen molar-refractivity contribution < 1.29 is 4.74 Å². The maximum Gasteiger partial charge on any atom is 0.212 e. The Hall–Kier alpha value is -1.13. The predicted octanol–water partition coefficient (Wildman–Crippen LogP) is 2.60. The summed E-state index contributed by atoms with van der Waals surface area (Å²) in [6, 6.07) is 4.29. The standard InChI is InChI=1S/C16H27N3O/c1-3-13-5-4-9-19(10-8-13)15(11-17)14-6-7-16(20-2)18-12-14/h6-7,12-13,15H,3-5,8-11,17H2,1-2H3. The van der Waals surface area contributed by atoms with E-state index in [1.807, 2.05) is 12.3 Å². The van der Waals surface area contributed by atoms with Crippen LogP contribution >= 0.6 is 0 Å². The lowest BCUT2D eigenvalue weighted by Gasteiger charge is -2.30. The summed E-state index contributed by atoms with van der Waals surface area (Å²) in [6.07, 6.45) is 7.12. The molecule has 1 aliphatic rings. The van der Waals surface area contributed by atoms with Gasteiger partial charge < -0.3 is 10.5 Å². The molecule has 1 aromatic rings. The highest BCUT2D eigenvalue weighted by Gasteiger charge is 2.23. The molecule has 0 spiro atoms. The van der Waals surface area contributed by atoms with Crippen LogP contribution in [0.5, 0.6) is 5.88 Å². The van der Waals surface area contributed by atoms with Crippen LogP contribution < -0.4 is 10.5 Å². The fourth-order valence-electron chi connectivity index (χ4n) is 3.11. The number of likely N-dealkylation sites (tertiary alicyclic amines) is 1.